The Hall–Kier alpha value is -1.02. The van der Waals surface area contributed by atoms with Crippen LogP contribution < -0.4 is 14.4 Å². The summed E-state index contributed by atoms with van der Waals surface area (Å²) < 4.78 is 40.4. The van der Waals surface area contributed by atoms with Crippen LogP contribution in [0.1, 0.15) is 44.9 Å². The van der Waals surface area contributed by atoms with E-state index >= 15 is 0 Å². The van der Waals surface area contributed by atoms with Crippen LogP contribution in [-0.2, 0) is 10.3 Å². The zero-order valence-electron chi connectivity index (χ0n) is 15.0. The monoisotopic (exact) mass is 404 g/mol. The van der Waals surface area contributed by atoms with E-state index in [1.807, 2.05) is 0 Å². The van der Waals surface area contributed by atoms with E-state index in [2.05, 4.69) is 5.32 Å². The van der Waals surface area contributed by atoms with Gasteiger partial charge in [-0.2, -0.15) is 8.42 Å². The summed E-state index contributed by atoms with van der Waals surface area (Å²) in [6.07, 6.45) is 7.71. The van der Waals surface area contributed by atoms with Crippen LogP contribution in [0.4, 0.5) is 5.69 Å². The first-order chi connectivity index (χ1) is 12.0. The number of hydrogen-bond donors (Lipinski definition) is 2. The Morgan fingerprint density at radius 1 is 1.04 bits per heavy atom. The molecule has 0 unspecified atom stereocenters. The van der Waals surface area contributed by atoms with Gasteiger partial charge in [-0.3, -0.25) is 4.55 Å². The van der Waals surface area contributed by atoms with E-state index in [1.54, 1.807) is 24.3 Å². The fourth-order valence-electron chi connectivity index (χ4n) is 3.83. The maximum Gasteiger partial charge on any atom is 0.360 e. The summed E-state index contributed by atoms with van der Waals surface area (Å²) in [6, 6.07) is 6.79. The highest BCUT2D eigenvalue weighted by Crippen LogP contribution is 2.28. The maximum atomic E-state index is 11.9. The molecule has 0 bridgehead atoms. The Balaban J connectivity index is 0.00000243. The second-order valence-corrected chi connectivity index (χ2v) is 8.35. The number of rotatable bonds is 6. The Morgan fingerprint density at radius 3 is 2.23 bits per heavy atom. The Morgan fingerprint density at radius 2 is 1.65 bits per heavy atom. The largest absolute Gasteiger partial charge is 0.493 e. The minimum Gasteiger partial charge on any atom is -0.493 e. The molecule has 0 amide bonds. The molecule has 1 aliphatic carbocycles. The van der Waals surface area contributed by atoms with Crippen molar-refractivity contribution in [2.24, 2.45) is 5.92 Å². The summed E-state index contributed by atoms with van der Waals surface area (Å²) >= 11 is 0. The van der Waals surface area contributed by atoms with Crippen molar-refractivity contribution in [3.63, 3.8) is 0 Å². The number of ether oxygens (including phenoxy) is 1. The van der Waals surface area contributed by atoms with Crippen LogP contribution in [-0.4, -0.2) is 38.7 Å². The lowest BCUT2D eigenvalue weighted by molar-refractivity contribution is 0.209. The highest BCUT2D eigenvalue weighted by molar-refractivity contribution is 7.87. The van der Waals surface area contributed by atoms with E-state index in [9.17, 15) is 13.0 Å². The average Bonchev–Trinajstić information content (AvgIpc) is 2.62. The Kier molecular flexibility index (Phi) is 8.01. The van der Waals surface area contributed by atoms with Crippen molar-refractivity contribution >= 4 is 28.4 Å². The van der Waals surface area contributed by atoms with Gasteiger partial charge in [0.1, 0.15) is 5.75 Å². The van der Waals surface area contributed by atoms with Crippen molar-refractivity contribution in [1.82, 2.24) is 5.32 Å². The van der Waals surface area contributed by atoms with Gasteiger partial charge in [-0.1, -0.05) is 19.3 Å². The third-order valence-corrected chi connectivity index (χ3v) is 6.20. The molecular formula is C18H29ClN2O4S. The number of hydrogen-bond acceptors (Lipinski definition) is 4. The predicted molar refractivity (Wildman–Crippen MR) is 106 cm³/mol. The molecule has 148 valence electrons. The first-order valence-electron chi connectivity index (χ1n) is 9.24. The summed E-state index contributed by atoms with van der Waals surface area (Å²) in [5, 5.41) is 3.21. The first-order valence-corrected chi connectivity index (χ1v) is 10.6. The maximum absolute atomic E-state index is 11.9. The van der Waals surface area contributed by atoms with Crippen LogP contribution in [0.3, 0.4) is 0 Å². The Labute approximate surface area is 162 Å². The molecule has 1 saturated heterocycles. The smallest absolute Gasteiger partial charge is 0.360 e. The summed E-state index contributed by atoms with van der Waals surface area (Å²) in [4.78, 5) is 0. The topological polar surface area (TPSA) is 78.9 Å². The molecule has 1 aliphatic heterocycles. The van der Waals surface area contributed by atoms with Crippen molar-refractivity contribution in [1.29, 1.82) is 0 Å². The van der Waals surface area contributed by atoms with Crippen LogP contribution in [0, 0.1) is 5.92 Å². The highest BCUT2D eigenvalue weighted by Gasteiger charge is 2.29. The third-order valence-electron chi connectivity index (χ3n) is 5.19. The molecule has 0 atom stereocenters. The average molecular weight is 405 g/mol. The first kappa shape index (κ1) is 21.3. The molecule has 0 spiro atoms. The number of anilines is 1. The van der Waals surface area contributed by atoms with Gasteiger partial charge in [0.15, 0.2) is 0 Å². The summed E-state index contributed by atoms with van der Waals surface area (Å²) in [5.41, 5.74) is 0.486. The molecule has 2 N–H and O–H groups in total. The van der Waals surface area contributed by atoms with Gasteiger partial charge in [-0.25, -0.2) is 4.31 Å². The van der Waals surface area contributed by atoms with Crippen LogP contribution in [0.15, 0.2) is 24.3 Å². The van der Waals surface area contributed by atoms with Crippen molar-refractivity contribution in [2.45, 2.75) is 51.0 Å². The molecule has 1 saturated carbocycles. The summed E-state index contributed by atoms with van der Waals surface area (Å²) in [6.45, 7) is 2.22. The van der Waals surface area contributed by atoms with E-state index in [4.69, 9.17) is 4.74 Å². The van der Waals surface area contributed by atoms with Crippen LogP contribution in [0.2, 0.25) is 0 Å². The number of nitrogens with zero attached hydrogens (tertiary/aromatic N) is 1. The quantitative estimate of drug-likeness (QED) is 0.710. The summed E-state index contributed by atoms with van der Waals surface area (Å²) in [5.74, 6) is 1.37. The lowest BCUT2D eigenvalue weighted by Gasteiger charge is -2.33. The van der Waals surface area contributed by atoms with Crippen LogP contribution in [0.25, 0.3) is 0 Å². The molecule has 3 rings (SSSR count). The molecule has 1 aromatic carbocycles. The van der Waals surface area contributed by atoms with Gasteiger partial charge >= 0.3 is 10.3 Å². The SMILES string of the molecule is Cl.O=S(=O)(O)N(c1ccc(OCC2CCCCC2)cc1)C1CCNCC1. The number of benzene rings is 1. The van der Waals surface area contributed by atoms with Crippen molar-refractivity contribution in [2.75, 3.05) is 24.0 Å². The second kappa shape index (κ2) is 9.78. The second-order valence-electron chi connectivity index (χ2n) is 7.06. The molecule has 1 heterocycles. The van der Waals surface area contributed by atoms with Gasteiger partial charge in [0, 0.05) is 6.04 Å². The van der Waals surface area contributed by atoms with Gasteiger partial charge < -0.3 is 10.1 Å². The van der Waals surface area contributed by atoms with Crippen molar-refractivity contribution in [3.8, 4) is 5.75 Å². The van der Waals surface area contributed by atoms with Gasteiger partial charge in [0.2, 0.25) is 0 Å². The van der Waals surface area contributed by atoms with Gasteiger partial charge in [0.25, 0.3) is 0 Å². The molecule has 1 aromatic rings. The molecular weight excluding hydrogens is 376 g/mol. The molecule has 8 heteroatoms. The Bertz CT molecular complexity index is 642. The lowest BCUT2D eigenvalue weighted by atomic mass is 9.90. The number of halogens is 1. The molecule has 0 aromatic heterocycles. The molecule has 0 radical (unpaired) electrons. The van der Waals surface area contributed by atoms with Gasteiger partial charge in [-0.15, -0.1) is 12.4 Å². The fraction of sp³-hybridized carbons (Fsp3) is 0.667. The number of piperidine rings is 1. The predicted octanol–water partition coefficient (Wildman–Crippen LogP) is 3.43. The normalized spacial score (nSPS) is 19.6. The minimum atomic E-state index is -4.30. The standard InChI is InChI=1S/C18H28N2O4S.ClH/c21-25(22,23)20(17-10-12-19-13-11-17)16-6-8-18(9-7-16)24-14-15-4-2-1-3-5-15;/h6-9,15,17,19H,1-5,10-14H2,(H,21,22,23);1H. The van der Waals surface area contributed by atoms with Crippen LogP contribution in [0.5, 0.6) is 5.75 Å². The van der Waals surface area contributed by atoms with Gasteiger partial charge in [0.05, 0.1) is 12.3 Å². The third kappa shape index (κ3) is 5.74. The van der Waals surface area contributed by atoms with E-state index in [1.165, 1.54) is 32.1 Å². The van der Waals surface area contributed by atoms with E-state index in [0.29, 0.717) is 24.4 Å². The van der Waals surface area contributed by atoms with Crippen molar-refractivity contribution < 1.29 is 17.7 Å². The molecule has 2 aliphatic rings. The number of nitrogens with one attached hydrogen (secondary N) is 1. The fourth-order valence-corrected chi connectivity index (χ4v) is 4.81. The highest BCUT2D eigenvalue weighted by atomic mass is 35.5. The van der Waals surface area contributed by atoms with E-state index in [0.717, 1.165) is 29.8 Å². The molecule has 6 nitrogen and oxygen atoms in total. The van der Waals surface area contributed by atoms with Crippen molar-refractivity contribution in [3.05, 3.63) is 24.3 Å². The van der Waals surface area contributed by atoms with E-state index < -0.39 is 10.3 Å². The van der Waals surface area contributed by atoms with Gasteiger partial charge in [-0.05, 0) is 69.0 Å². The lowest BCUT2D eigenvalue weighted by Crippen LogP contribution is -2.46. The zero-order valence-corrected chi connectivity index (χ0v) is 16.6. The minimum absolute atomic E-state index is 0. The van der Waals surface area contributed by atoms with Crippen LogP contribution >= 0.6 is 12.4 Å². The van der Waals surface area contributed by atoms with E-state index in [-0.39, 0.29) is 18.4 Å². The zero-order chi connectivity index (χ0) is 17.7. The molecule has 26 heavy (non-hydrogen) atoms. The molecule has 2 fully saturated rings. The summed E-state index contributed by atoms with van der Waals surface area (Å²) in [7, 11) is -4.30.